The molecule has 1 amide bonds. The van der Waals surface area contributed by atoms with Crippen LogP contribution in [-0.2, 0) is 14.9 Å². The fraction of sp³-hybridized carbons (Fsp3) is 0.833. The van der Waals surface area contributed by atoms with Crippen molar-refractivity contribution in [1.29, 1.82) is 0 Å². The topological polar surface area (TPSA) is 102 Å². The first kappa shape index (κ1) is 11.2. The number of rotatable bonds is 2. The van der Waals surface area contributed by atoms with Crippen LogP contribution in [0, 0.1) is 0 Å². The van der Waals surface area contributed by atoms with Gasteiger partial charge in [0.25, 0.3) is 10.2 Å². The smallest absolute Gasteiger partial charge is 0.407 e. The quantitative estimate of drug-likeness (QED) is 0.602. The lowest BCUT2D eigenvalue weighted by atomic mass is 10.3. The van der Waals surface area contributed by atoms with E-state index >= 15 is 0 Å². The summed E-state index contributed by atoms with van der Waals surface area (Å²) in [6.45, 7) is 0.529. The molecule has 0 aromatic heterocycles. The van der Waals surface area contributed by atoms with Crippen LogP contribution in [0.2, 0.25) is 0 Å². The van der Waals surface area contributed by atoms with Gasteiger partial charge in [-0.3, -0.25) is 0 Å². The van der Waals surface area contributed by atoms with Crippen LogP contribution < -0.4 is 10.5 Å². The van der Waals surface area contributed by atoms with E-state index in [0.29, 0.717) is 13.0 Å². The Morgan fingerprint density at radius 2 is 2.29 bits per heavy atom. The number of nitrogens with zero attached hydrogens (tertiary/aromatic N) is 1. The molecule has 82 valence electrons. The molecule has 1 aliphatic heterocycles. The van der Waals surface area contributed by atoms with Gasteiger partial charge in [-0.15, -0.1) is 0 Å². The lowest BCUT2D eigenvalue weighted by molar-refractivity contribution is 0.167. The third-order valence-corrected chi connectivity index (χ3v) is 3.07. The van der Waals surface area contributed by atoms with E-state index in [1.54, 1.807) is 0 Å². The number of carbonyl (C=O) groups is 1. The van der Waals surface area contributed by atoms with E-state index in [0.717, 1.165) is 4.31 Å². The molecule has 14 heavy (non-hydrogen) atoms. The molecule has 1 unspecified atom stereocenters. The van der Waals surface area contributed by atoms with Gasteiger partial charge in [-0.1, -0.05) is 0 Å². The van der Waals surface area contributed by atoms with Gasteiger partial charge in [0.05, 0.1) is 7.11 Å². The molecule has 0 bridgehead atoms. The van der Waals surface area contributed by atoms with Crippen LogP contribution in [0.1, 0.15) is 6.42 Å². The average Bonchev–Trinajstić information content (AvgIpc) is 2.51. The lowest BCUT2D eigenvalue weighted by Crippen LogP contribution is -2.40. The summed E-state index contributed by atoms with van der Waals surface area (Å²) < 4.78 is 27.3. The molecule has 0 aliphatic carbocycles. The van der Waals surface area contributed by atoms with Crippen molar-refractivity contribution in [2.45, 2.75) is 12.5 Å². The predicted molar refractivity (Wildman–Crippen MR) is 48.6 cm³/mol. The van der Waals surface area contributed by atoms with E-state index in [-0.39, 0.29) is 12.6 Å². The van der Waals surface area contributed by atoms with Crippen molar-refractivity contribution < 1.29 is 17.9 Å². The van der Waals surface area contributed by atoms with Crippen LogP contribution in [-0.4, -0.2) is 45.1 Å². The molecular formula is C6H13N3O4S. The number of hydrogen-bond donors (Lipinski definition) is 2. The van der Waals surface area contributed by atoms with E-state index in [4.69, 9.17) is 5.14 Å². The first-order chi connectivity index (χ1) is 6.43. The molecule has 3 N–H and O–H groups in total. The number of alkyl carbamates (subject to hydrolysis) is 1. The summed E-state index contributed by atoms with van der Waals surface area (Å²) in [5.74, 6) is 0. The standard InChI is InChI=1S/C6H13N3O4S/c1-13-6(10)8-5-2-3-9(4-5)14(7,11)12/h5H,2-4H2,1H3,(H,8,10)(H2,7,11,12). The highest BCUT2D eigenvalue weighted by Gasteiger charge is 2.29. The summed E-state index contributed by atoms with van der Waals surface area (Å²) in [7, 11) is -2.39. The summed E-state index contributed by atoms with van der Waals surface area (Å²) in [6, 6.07) is -0.222. The molecule has 1 saturated heterocycles. The van der Waals surface area contributed by atoms with Gasteiger partial charge < -0.3 is 10.1 Å². The zero-order chi connectivity index (χ0) is 10.8. The molecular weight excluding hydrogens is 210 g/mol. The van der Waals surface area contributed by atoms with Gasteiger partial charge in [0.2, 0.25) is 0 Å². The SMILES string of the molecule is COC(=O)NC1CCN(S(N)(=O)=O)C1. The van der Waals surface area contributed by atoms with Crippen LogP contribution >= 0.6 is 0 Å². The highest BCUT2D eigenvalue weighted by Crippen LogP contribution is 2.11. The first-order valence-corrected chi connectivity index (χ1v) is 5.56. The summed E-state index contributed by atoms with van der Waals surface area (Å²) in [5, 5.41) is 7.43. The molecule has 1 aliphatic rings. The number of nitrogens with two attached hydrogens (primary N) is 1. The minimum Gasteiger partial charge on any atom is -0.453 e. The second kappa shape index (κ2) is 4.11. The molecule has 8 heteroatoms. The second-order valence-electron chi connectivity index (χ2n) is 3.02. The van der Waals surface area contributed by atoms with E-state index in [2.05, 4.69) is 10.1 Å². The Morgan fingerprint density at radius 3 is 2.71 bits per heavy atom. The number of nitrogens with one attached hydrogen (secondary N) is 1. The molecule has 1 rings (SSSR count). The first-order valence-electron chi connectivity index (χ1n) is 4.06. The Bertz CT molecular complexity index is 315. The van der Waals surface area contributed by atoms with E-state index in [1.165, 1.54) is 7.11 Å². The van der Waals surface area contributed by atoms with Gasteiger partial charge in [0.1, 0.15) is 0 Å². The number of amides is 1. The fourth-order valence-electron chi connectivity index (χ4n) is 1.30. The largest absolute Gasteiger partial charge is 0.453 e. The lowest BCUT2D eigenvalue weighted by Gasteiger charge is -2.13. The van der Waals surface area contributed by atoms with Gasteiger partial charge in [-0.25, -0.2) is 9.93 Å². The Morgan fingerprint density at radius 1 is 1.64 bits per heavy atom. The summed E-state index contributed by atoms with van der Waals surface area (Å²) in [4.78, 5) is 10.8. The van der Waals surface area contributed by atoms with Gasteiger partial charge in [-0.2, -0.15) is 12.7 Å². The summed E-state index contributed by atoms with van der Waals surface area (Å²) >= 11 is 0. The Kier molecular flexibility index (Phi) is 3.29. The third-order valence-electron chi connectivity index (χ3n) is 2.02. The van der Waals surface area contributed by atoms with E-state index in [1.807, 2.05) is 0 Å². The van der Waals surface area contributed by atoms with Gasteiger partial charge in [-0.05, 0) is 6.42 Å². The summed E-state index contributed by atoms with van der Waals surface area (Å²) in [5.41, 5.74) is 0. The molecule has 1 fully saturated rings. The van der Waals surface area contributed by atoms with Crippen LogP contribution in [0.3, 0.4) is 0 Å². The third kappa shape index (κ3) is 2.82. The maximum atomic E-state index is 10.9. The molecule has 0 spiro atoms. The number of methoxy groups -OCH3 is 1. The maximum Gasteiger partial charge on any atom is 0.407 e. The van der Waals surface area contributed by atoms with Gasteiger partial charge in [0.15, 0.2) is 0 Å². The molecule has 0 aromatic carbocycles. The van der Waals surface area contributed by atoms with Gasteiger partial charge in [0, 0.05) is 19.1 Å². The minimum absolute atomic E-state index is 0.202. The highest BCUT2D eigenvalue weighted by atomic mass is 32.2. The predicted octanol–water partition coefficient (Wildman–Crippen LogP) is -1.38. The zero-order valence-electron chi connectivity index (χ0n) is 7.76. The zero-order valence-corrected chi connectivity index (χ0v) is 8.58. The van der Waals surface area contributed by atoms with Crippen molar-refractivity contribution in [2.75, 3.05) is 20.2 Å². The molecule has 7 nitrogen and oxygen atoms in total. The van der Waals surface area contributed by atoms with Crippen LogP contribution in [0.15, 0.2) is 0 Å². The Balaban J connectivity index is 2.46. The minimum atomic E-state index is -3.64. The second-order valence-corrected chi connectivity index (χ2v) is 4.57. The number of hydrogen-bond acceptors (Lipinski definition) is 4. The number of ether oxygens (including phenoxy) is 1. The van der Waals surface area contributed by atoms with Crippen LogP contribution in [0.5, 0.6) is 0 Å². The van der Waals surface area contributed by atoms with E-state index in [9.17, 15) is 13.2 Å². The van der Waals surface area contributed by atoms with Crippen molar-refractivity contribution >= 4 is 16.3 Å². The van der Waals surface area contributed by atoms with Crippen molar-refractivity contribution in [3.63, 3.8) is 0 Å². The highest BCUT2D eigenvalue weighted by molar-refractivity contribution is 7.86. The normalized spacial score (nSPS) is 23.4. The van der Waals surface area contributed by atoms with Crippen molar-refractivity contribution in [3.8, 4) is 0 Å². The van der Waals surface area contributed by atoms with Crippen molar-refractivity contribution in [2.24, 2.45) is 5.14 Å². The fourth-order valence-corrected chi connectivity index (χ4v) is 2.05. The molecule has 0 saturated carbocycles. The summed E-state index contributed by atoms with van der Waals surface area (Å²) in [6.07, 6.45) is -0.0165. The molecule has 0 aromatic rings. The van der Waals surface area contributed by atoms with Crippen LogP contribution in [0.25, 0.3) is 0 Å². The van der Waals surface area contributed by atoms with Crippen molar-refractivity contribution in [1.82, 2.24) is 9.62 Å². The monoisotopic (exact) mass is 223 g/mol. The average molecular weight is 223 g/mol. The molecule has 1 atom stereocenters. The number of carbonyl (C=O) groups excluding carboxylic acids is 1. The maximum absolute atomic E-state index is 10.9. The van der Waals surface area contributed by atoms with Gasteiger partial charge >= 0.3 is 6.09 Å². The Hall–Kier alpha value is -0.860. The Labute approximate surface area is 82.4 Å². The molecule has 1 heterocycles. The molecule has 0 radical (unpaired) electrons. The van der Waals surface area contributed by atoms with E-state index < -0.39 is 16.3 Å². The van der Waals surface area contributed by atoms with Crippen LogP contribution in [0.4, 0.5) is 4.79 Å². The van der Waals surface area contributed by atoms with Crippen molar-refractivity contribution in [3.05, 3.63) is 0 Å².